The highest BCUT2D eigenvalue weighted by Crippen LogP contribution is 2.70. The summed E-state index contributed by atoms with van der Waals surface area (Å²) in [6.07, 6.45) is -12.3. The number of aliphatic hydroxyl groups is 10. The fourth-order valence-corrected chi connectivity index (χ4v) is 13.1. The van der Waals surface area contributed by atoms with Gasteiger partial charge in [0, 0.05) is 36.9 Å². The zero-order valence-electron chi connectivity index (χ0n) is 35.0. The number of hydrogen-bond acceptors (Lipinski definition) is 19. The van der Waals surface area contributed by atoms with Gasteiger partial charge in [0.25, 0.3) is 0 Å². The molecule has 0 aromatic carbocycles. The quantitative estimate of drug-likeness (QED) is 0.0784. The second-order valence-corrected chi connectivity index (χ2v) is 19.3. The molecule has 348 valence electrons. The maximum Gasteiger partial charge on any atom is 0.331 e. The van der Waals surface area contributed by atoms with Crippen LogP contribution in [0.3, 0.4) is 0 Å². The van der Waals surface area contributed by atoms with E-state index in [4.69, 9.17) is 37.9 Å². The number of carbonyl (C=O) groups is 1. The molecule has 0 amide bonds. The molecular weight excluding hydrogens is 808 g/mol. The Hall–Kier alpha value is -1.47. The van der Waals surface area contributed by atoms with Gasteiger partial charge in [-0.15, -0.1) is 0 Å². The van der Waals surface area contributed by atoms with Crippen LogP contribution < -0.4 is 0 Å². The Balaban J connectivity index is 0.885. The van der Waals surface area contributed by atoms with Crippen molar-refractivity contribution < 1.29 is 93.8 Å². The molecule has 7 fully saturated rings. The van der Waals surface area contributed by atoms with E-state index in [-0.39, 0.29) is 49.8 Å². The average molecular weight is 875 g/mol. The first kappa shape index (κ1) is 46.1. The summed E-state index contributed by atoms with van der Waals surface area (Å²) >= 11 is 0. The van der Waals surface area contributed by atoms with Crippen LogP contribution in [-0.4, -0.2) is 194 Å². The predicted molar refractivity (Wildman–Crippen MR) is 204 cm³/mol. The van der Waals surface area contributed by atoms with Gasteiger partial charge in [0.15, 0.2) is 18.9 Å². The van der Waals surface area contributed by atoms with Crippen LogP contribution in [0.2, 0.25) is 0 Å². The number of carbonyl (C=O) groups excluding carboxylic acids is 1. The molecule has 0 unspecified atom stereocenters. The second-order valence-electron chi connectivity index (χ2n) is 19.3. The van der Waals surface area contributed by atoms with Crippen molar-refractivity contribution in [3.05, 3.63) is 11.6 Å². The molecule has 19 nitrogen and oxygen atoms in total. The lowest BCUT2D eigenvalue weighted by Crippen LogP contribution is -2.69. The van der Waals surface area contributed by atoms with E-state index in [0.717, 1.165) is 18.4 Å². The summed E-state index contributed by atoms with van der Waals surface area (Å²) in [5.41, 5.74) is -2.60. The van der Waals surface area contributed by atoms with Gasteiger partial charge in [-0.1, -0.05) is 6.92 Å². The Kier molecular flexibility index (Phi) is 13.1. The number of esters is 1. The van der Waals surface area contributed by atoms with Crippen molar-refractivity contribution >= 4 is 5.97 Å². The smallest absolute Gasteiger partial charge is 0.331 e. The largest absolute Gasteiger partial charge is 0.458 e. The van der Waals surface area contributed by atoms with Gasteiger partial charge >= 0.3 is 5.97 Å². The van der Waals surface area contributed by atoms with Crippen LogP contribution in [0.5, 0.6) is 0 Å². The molecule has 0 spiro atoms. The lowest BCUT2D eigenvalue weighted by Gasteiger charge is -2.66. The highest BCUT2D eigenvalue weighted by atomic mass is 16.8. The third-order valence-electron chi connectivity index (χ3n) is 16.5. The lowest BCUT2D eigenvalue weighted by atomic mass is 9.41. The van der Waals surface area contributed by atoms with Crippen LogP contribution in [0.25, 0.3) is 0 Å². The van der Waals surface area contributed by atoms with Gasteiger partial charge in [0.05, 0.1) is 49.3 Å². The molecule has 0 radical (unpaired) electrons. The molecule has 4 aliphatic heterocycles. The standard InChI is InChI=1S/C42H66O19/c1-19-36(61-38-35(51)33(49)31(47)27(60-38)17-56-37-34(50)32(48)30(46)26(15-43)59-37)25(54-3)13-29(57-19)58-21-4-9-40(18-44)23-5-8-39(2)22(20-12-28(45)55-16-20)7-11-42(39,53)24(23)6-10-41(40,52)14-21/h12,19,21-27,29-38,43-44,46-53H,4-11,13-18H2,1-3H3/t19-,21-,22+,23-,24+,25+,26-,27+,29+,30-,31+,32+,33-,34-,35+,36-,37-,38-,39+,40-,41-,42-/m0/s1. The first-order valence-electron chi connectivity index (χ1n) is 22.0. The van der Waals surface area contributed by atoms with Crippen molar-refractivity contribution in [3.8, 4) is 0 Å². The summed E-state index contributed by atoms with van der Waals surface area (Å²) in [4.78, 5) is 12.0. The van der Waals surface area contributed by atoms with Crippen LogP contribution in [0.4, 0.5) is 0 Å². The third kappa shape index (κ3) is 7.63. The number of aliphatic hydroxyl groups excluding tert-OH is 8. The van der Waals surface area contributed by atoms with Gasteiger partial charge in [-0.25, -0.2) is 4.79 Å². The van der Waals surface area contributed by atoms with E-state index in [9.17, 15) is 55.9 Å². The highest BCUT2D eigenvalue weighted by molar-refractivity contribution is 5.85. The van der Waals surface area contributed by atoms with E-state index in [1.54, 1.807) is 13.0 Å². The Labute approximate surface area is 354 Å². The predicted octanol–water partition coefficient (Wildman–Crippen LogP) is -2.12. The second kappa shape index (κ2) is 17.4. The monoisotopic (exact) mass is 874 g/mol. The molecule has 4 saturated carbocycles. The highest BCUT2D eigenvalue weighted by Gasteiger charge is 2.71. The minimum Gasteiger partial charge on any atom is -0.458 e. The van der Waals surface area contributed by atoms with E-state index in [2.05, 4.69) is 6.92 Å². The average Bonchev–Trinajstić information content (AvgIpc) is 3.79. The molecule has 0 aromatic rings. The number of hydrogen-bond donors (Lipinski definition) is 10. The fraction of sp³-hybridized carbons (Fsp3) is 0.929. The first-order chi connectivity index (χ1) is 28.9. The number of methoxy groups -OCH3 is 1. The van der Waals surface area contributed by atoms with E-state index in [1.807, 2.05) is 0 Å². The summed E-state index contributed by atoms with van der Waals surface area (Å²) in [5.74, 6) is -0.538. The van der Waals surface area contributed by atoms with Crippen molar-refractivity contribution in [1.82, 2.24) is 0 Å². The molecule has 0 bridgehead atoms. The van der Waals surface area contributed by atoms with Gasteiger partial charge in [-0.05, 0) is 81.6 Å². The van der Waals surface area contributed by atoms with Gasteiger partial charge < -0.3 is 89.0 Å². The number of ether oxygens (including phenoxy) is 8. The molecular formula is C42H66O19. The Morgan fingerprint density at radius 3 is 2.15 bits per heavy atom. The SMILES string of the molecule is CO[C@@H]1C[C@@H](O[C@H]2CC[C@]3(CO)[C@H]4CC[C@]5(C)[C@@H](C6=CC(=O)OC6)CC[C@]5(O)[C@@H]4CC[C@]3(O)C2)O[C@@H](C)[C@@H]1O[C@@H]1O[C@H](CO[C@H]2O[C@@H](CO)[C@H](O)[C@@H](O)[C@@H]2O)[C@@H](O)[C@H](O)[C@H]1O. The summed E-state index contributed by atoms with van der Waals surface area (Å²) < 4.78 is 46.8. The lowest BCUT2D eigenvalue weighted by molar-refractivity contribution is -0.356. The zero-order valence-corrected chi connectivity index (χ0v) is 35.0. The van der Waals surface area contributed by atoms with Crippen molar-refractivity contribution in [3.63, 3.8) is 0 Å². The van der Waals surface area contributed by atoms with Gasteiger partial charge in [0.2, 0.25) is 0 Å². The maximum absolute atomic E-state index is 12.6. The molecule has 4 aliphatic carbocycles. The van der Waals surface area contributed by atoms with Crippen LogP contribution in [0.1, 0.15) is 78.1 Å². The van der Waals surface area contributed by atoms with Crippen LogP contribution >= 0.6 is 0 Å². The number of fused-ring (bicyclic) bond motifs is 5. The van der Waals surface area contributed by atoms with Gasteiger partial charge in [-0.2, -0.15) is 0 Å². The van der Waals surface area contributed by atoms with Crippen LogP contribution in [0.15, 0.2) is 11.6 Å². The molecule has 4 heterocycles. The molecule has 0 aromatic heterocycles. The van der Waals surface area contributed by atoms with Gasteiger partial charge in [0.1, 0.15) is 61.5 Å². The Morgan fingerprint density at radius 1 is 0.787 bits per heavy atom. The first-order valence-corrected chi connectivity index (χ1v) is 22.0. The number of rotatable bonds is 11. The fourth-order valence-electron chi connectivity index (χ4n) is 13.1. The van der Waals surface area contributed by atoms with Crippen molar-refractivity contribution in [2.45, 2.75) is 181 Å². The Morgan fingerprint density at radius 2 is 1.48 bits per heavy atom. The molecule has 10 N–H and O–H groups in total. The summed E-state index contributed by atoms with van der Waals surface area (Å²) in [6.45, 7) is 2.71. The molecule has 61 heavy (non-hydrogen) atoms. The number of cyclic esters (lactones) is 1. The summed E-state index contributed by atoms with van der Waals surface area (Å²) in [7, 11) is 1.48. The van der Waals surface area contributed by atoms with Crippen LogP contribution in [0, 0.1) is 28.6 Å². The van der Waals surface area contributed by atoms with E-state index in [0.29, 0.717) is 38.5 Å². The maximum atomic E-state index is 12.6. The normalized spacial score (nSPS) is 53.7. The van der Waals surface area contributed by atoms with E-state index < -0.39 is 127 Å². The van der Waals surface area contributed by atoms with Crippen molar-refractivity contribution in [2.75, 3.05) is 33.5 Å². The minimum atomic E-state index is -1.75. The minimum absolute atomic E-state index is 0.0307. The van der Waals surface area contributed by atoms with Crippen molar-refractivity contribution in [1.29, 1.82) is 0 Å². The van der Waals surface area contributed by atoms with Crippen molar-refractivity contribution in [2.24, 2.45) is 28.6 Å². The van der Waals surface area contributed by atoms with E-state index >= 15 is 0 Å². The third-order valence-corrected chi connectivity index (χ3v) is 16.5. The Bertz CT molecular complexity index is 1600. The molecule has 19 heteroatoms. The zero-order chi connectivity index (χ0) is 43.8. The van der Waals surface area contributed by atoms with Crippen LogP contribution in [-0.2, 0) is 42.7 Å². The molecule has 22 atom stereocenters. The molecule has 8 rings (SSSR count). The topological polar surface area (TPSA) is 293 Å². The van der Waals surface area contributed by atoms with E-state index in [1.165, 1.54) is 7.11 Å². The molecule has 8 aliphatic rings. The molecule has 3 saturated heterocycles. The summed E-state index contributed by atoms with van der Waals surface area (Å²) in [5, 5.41) is 109. The summed E-state index contributed by atoms with van der Waals surface area (Å²) in [6, 6.07) is 0. The van der Waals surface area contributed by atoms with Gasteiger partial charge in [-0.3, -0.25) is 0 Å².